The third-order valence-corrected chi connectivity index (χ3v) is 5.29. The molecular formula is C20H22BrNO. The van der Waals surface area contributed by atoms with Gasteiger partial charge in [-0.1, -0.05) is 43.3 Å². The van der Waals surface area contributed by atoms with Crippen LogP contribution in [0.3, 0.4) is 0 Å². The molecule has 0 aliphatic carbocycles. The Hall–Kier alpha value is -1.61. The van der Waals surface area contributed by atoms with Gasteiger partial charge in [0, 0.05) is 17.9 Å². The summed E-state index contributed by atoms with van der Waals surface area (Å²) in [6, 6.07) is 15.0. The van der Waals surface area contributed by atoms with Gasteiger partial charge in [-0.3, -0.25) is 4.79 Å². The van der Waals surface area contributed by atoms with Crippen LogP contribution in [0.2, 0.25) is 0 Å². The van der Waals surface area contributed by atoms with Crippen molar-refractivity contribution in [3.8, 4) is 0 Å². The van der Waals surface area contributed by atoms with E-state index in [1.54, 1.807) is 6.92 Å². The summed E-state index contributed by atoms with van der Waals surface area (Å²) in [5.41, 5.74) is 5.00. The van der Waals surface area contributed by atoms with Gasteiger partial charge < -0.3 is 4.90 Å². The van der Waals surface area contributed by atoms with E-state index in [0.29, 0.717) is 5.92 Å². The topological polar surface area (TPSA) is 20.3 Å². The van der Waals surface area contributed by atoms with Crippen LogP contribution < -0.4 is 4.90 Å². The first-order chi connectivity index (χ1) is 11.1. The standard InChI is InChI=1S/C20H22BrNO/c1-3-17-9-10-22(14(2)23)20-18(17)12-16(13-19(20)21)11-15-7-5-4-6-8-15/h4-8,12-13,17H,3,9-11H2,1-2H3. The summed E-state index contributed by atoms with van der Waals surface area (Å²) in [7, 11) is 0. The number of nitrogens with zero attached hydrogens (tertiary/aromatic N) is 1. The van der Waals surface area contributed by atoms with Crippen LogP contribution in [-0.2, 0) is 11.2 Å². The normalized spacial score (nSPS) is 17.0. The maximum atomic E-state index is 12.0. The minimum Gasteiger partial charge on any atom is -0.311 e. The number of hydrogen-bond donors (Lipinski definition) is 0. The Morgan fingerprint density at radius 1 is 1.22 bits per heavy atom. The van der Waals surface area contributed by atoms with Crippen molar-refractivity contribution in [2.75, 3.05) is 11.4 Å². The maximum absolute atomic E-state index is 12.0. The molecule has 1 unspecified atom stereocenters. The average molecular weight is 372 g/mol. The van der Waals surface area contributed by atoms with Crippen LogP contribution in [0.1, 0.15) is 49.3 Å². The van der Waals surface area contributed by atoms with Crippen molar-refractivity contribution in [1.29, 1.82) is 0 Å². The van der Waals surface area contributed by atoms with Crippen molar-refractivity contribution in [2.24, 2.45) is 0 Å². The van der Waals surface area contributed by atoms with Gasteiger partial charge in [0.1, 0.15) is 0 Å². The van der Waals surface area contributed by atoms with Crippen molar-refractivity contribution in [3.05, 3.63) is 63.6 Å². The molecule has 1 amide bonds. The first kappa shape index (κ1) is 16.3. The molecule has 2 aromatic carbocycles. The van der Waals surface area contributed by atoms with Crippen molar-refractivity contribution < 1.29 is 4.79 Å². The van der Waals surface area contributed by atoms with E-state index in [-0.39, 0.29) is 5.91 Å². The first-order valence-corrected chi connectivity index (χ1v) is 9.03. The van der Waals surface area contributed by atoms with E-state index in [1.165, 1.54) is 16.7 Å². The third-order valence-electron chi connectivity index (χ3n) is 4.69. The lowest BCUT2D eigenvalue weighted by atomic mass is 9.86. The number of carbonyl (C=O) groups is 1. The van der Waals surface area contributed by atoms with Gasteiger partial charge in [0.15, 0.2) is 0 Å². The maximum Gasteiger partial charge on any atom is 0.223 e. The summed E-state index contributed by atoms with van der Waals surface area (Å²) >= 11 is 3.72. The predicted molar refractivity (Wildman–Crippen MR) is 99.1 cm³/mol. The van der Waals surface area contributed by atoms with E-state index in [4.69, 9.17) is 0 Å². The van der Waals surface area contributed by atoms with Crippen molar-refractivity contribution in [1.82, 2.24) is 0 Å². The largest absolute Gasteiger partial charge is 0.311 e. The number of anilines is 1. The Morgan fingerprint density at radius 2 is 1.96 bits per heavy atom. The number of carbonyl (C=O) groups excluding carboxylic acids is 1. The van der Waals surface area contributed by atoms with Crippen molar-refractivity contribution >= 4 is 27.5 Å². The molecular weight excluding hydrogens is 350 g/mol. The minimum atomic E-state index is 0.123. The van der Waals surface area contributed by atoms with Crippen LogP contribution in [0.25, 0.3) is 0 Å². The molecule has 1 aliphatic rings. The van der Waals surface area contributed by atoms with E-state index >= 15 is 0 Å². The second kappa shape index (κ2) is 6.88. The molecule has 23 heavy (non-hydrogen) atoms. The smallest absolute Gasteiger partial charge is 0.223 e. The quantitative estimate of drug-likeness (QED) is 0.717. The predicted octanol–water partition coefficient (Wildman–Crippen LogP) is 5.29. The highest BCUT2D eigenvalue weighted by Gasteiger charge is 2.28. The summed E-state index contributed by atoms with van der Waals surface area (Å²) in [5, 5.41) is 0. The molecule has 0 N–H and O–H groups in total. The molecule has 2 nitrogen and oxygen atoms in total. The fraction of sp³-hybridized carbons (Fsp3) is 0.350. The summed E-state index contributed by atoms with van der Waals surface area (Å²) in [5.74, 6) is 0.657. The molecule has 0 spiro atoms. The summed E-state index contributed by atoms with van der Waals surface area (Å²) in [4.78, 5) is 13.9. The van der Waals surface area contributed by atoms with Crippen LogP contribution >= 0.6 is 15.9 Å². The zero-order chi connectivity index (χ0) is 16.4. The lowest BCUT2D eigenvalue weighted by Gasteiger charge is -2.35. The van der Waals surface area contributed by atoms with E-state index in [9.17, 15) is 4.79 Å². The molecule has 0 aromatic heterocycles. The molecule has 0 fully saturated rings. The summed E-state index contributed by atoms with van der Waals surface area (Å²) in [6.07, 6.45) is 3.08. The number of benzene rings is 2. The van der Waals surface area contributed by atoms with Gasteiger partial charge in [0.25, 0.3) is 0 Å². The van der Waals surface area contributed by atoms with E-state index in [2.05, 4.69) is 59.3 Å². The molecule has 0 bridgehead atoms. The number of hydrogen-bond acceptors (Lipinski definition) is 1. The highest BCUT2D eigenvalue weighted by atomic mass is 79.9. The molecule has 0 radical (unpaired) electrons. The number of rotatable bonds is 3. The Labute approximate surface area is 146 Å². The van der Waals surface area contributed by atoms with Gasteiger partial charge in [-0.15, -0.1) is 0 Å². The molecule has 1 heterocycles. The Morgan fingerprint density at radius 3 is 2.61 bits per heavy atom. The molecule has 3 rings (SSSR count). The second-order valence-corrected chi connectivity index (χ2v) is 7.10. The second-order valence-electron chi connectivity index (χ2n) is 6.24. The van der Waals surface area contributed by atoms with Crippen LogP contribution in [0.4, 0.5) is 5.69 Å². The van der Waals surface area contributed by atoms with E-state index < -0.39 is 0 Å². The zero-order valence-electron chi connectivity index (χ0n) is 13.7. The van der Waals surface area contributed by atoms with Gasteiger partial charge in [-0.25, -0.2) is 0 Å². The number of fused-ring (bicyclic) bond motifs is 1. The highest BCUT2D eigenvalue weighted by Crippen LogP contribution is 2.42. The third kappa shape index (κ3) is 3.35. The van der Waals surface area contributed by atoms with E-state index in [1.807, 2.05) is 11.0 Å². The monoisotopic (exact) mass is 371 g/mol. The summed E-state index contributed by atoms with van der Waals surface area (Å²) in [6.45, 7) is 4.70. The molecule has 1 aliphatic heterocycles. The average Bonchev–Trinajstić information content (AvgIpc) is 2.54. The van der Waals surface area contributed by atoms with Gasteiger partial charge in [-0.05, 0) is 63.9 Å². The lowest BCUT2D eigenvalue weighted by Crippen LogP contribution is -2.35. The van der Waals surface area contributed by atoms with E-state index in [0.717, 1.165) is 36.0 Å². The highest BCUT2D eigenvalue weighted by molar-refractivity contribution is 9.10. The molecule has 0 saturated carbocycles. The fourth-order valence-corrected chi connectivity index (χ4v) is 4.24. The fourth-order valence-electron chi connectivity index (χ4n) is 3.50. The van der Waals surface area contributed by atoms with Crippen LogP contribution in [0.5, 0.6) is 0 Å². The summed E-state index contributed by atoms with van der Waals surface area (Å²) < 4.78 is 1.04. The van der Waals surface area contributed by atoms with Gasteiger partial charge in [-0.2, -0.15) is 0 Å². The Balaban J connectivity index is 2.03. The zero-order valence-corrected chi connectivity index (χ0v) is 15.3. The van der Waals surface area contributed by atoms with Gasteiger partial charge in [0.2, 0.25) is 5.91 Å². The van der Waals surface area contributed by atoms with Gasteiger partial charge >= 0.3 is 0 Å². The van der Waals surface area contributed by atoms with Crippen LogP contribution in [0.15, 0.2) is 46.9 Å². The van der Waals surface area contributed by atoms with Crippen molar-refractivity contribution in [2.45, 2.75) is 39.0 Å². The van der Waals surface area contributed by atoms with Crippen LogP contribution in [0, 0.1) is 0 Å². The minimum absolute atomic E-state index is 0.123. The first-order valence-electron chi connectivity index (χ1n) is 8.24. The van der Waals surface area contributed by atoms with Gasteiger partial charge in [0.05, 0.1) is 5.69 Å². The van der Waals surface area contributed by atoms with Crippen molar-refractivity contribution in [3.63, 3.8) is 0 Å². The number of amides is 1. The lowest BCUT2D eigenvalue weighted by molar-refractivity contribution is -0.116. The van der Waals surface area contributed by atoms with Crippen LogP contribution in [-0.4, -0.2) is 12.5 Å². The molecule has 2 aromatic rings. The SMILES string of the molecule is CCC1CCN(C(C)=O)c2c(Br)cc(Cc3ccccc3)cc21. The molecule has 120 valence electrons. The molecule has 0 saturated heterocycles. The Kier molecular flexibility index (Phi) is 4.86. The molecule has 1 atom stereocenters. The Bertz CT molecular complexity index is 711. The number of halogens is 1. The molecule has 3 heteroatoms.